The smallest absolute Gasteiger partial charge is 0.0252 e. The third-order valence-electron chi connectivity index (χ3n) is 4.15. The first-order valence-electron chi connectivity index (χ1n) is 6.70. The molecule has 2 nitrogen and oxygen atoms in total. The van der Waals surface area contributed by atoms with Crippen LogP contribution in [-0.2, 0) is 12.8 Å². The summed E-state index contributed by atoms with van der Waals surface area (Å²) in [6.45, 7) is 8.11. The molecule has 0 radical (unpaired) electrons. The lowest BCUT2D eigenvalue weighted by Crippen LogP contribution is -2.59. The van der Waals surface area contributed by atoms with E-state index < -0.39 is 0 Å². The number of piperazine rings is 1. The van der Waals surface area contributed by atoms with Crippen LogP contribution in [0.25, 0.3) is 0 Å². The molecule has 1 aliphatic carbocycles. The second kappa shape index (κ2) is 4.11. The number of hydrogen-bond acceptors (Lipinski definition) is 2. The van der Waals surface area contributed by atoms with Crippen LogP contribution in [0.4, 0.5) is 0 Å². The highest BCUT2D eigenvalue weighted by Gasteiger charge is 2.32. The largest absolute Gasteiger partial charge is 0.309 e. The Hall–Kier alpha value is -0.860. The van der Waals surface area contributed by atoms with E-state index in [0.717, 1.165) is 12.6 Å². The van der Waals surface area contributed by atoms with Gasteiger partial charge in [0, 0.05) is 31.2 Å². The summed E-state index contributed by atoms with van der Waals surface area (Å²) in [6, 6.07) is 9.66. The number of rotatable bonds is 1. The number of nitrogens with one attached hydrogen (secondary N) is 1. The van der Waals surface area contributed by atoms with Crippen LogP contribution in [0.15, 0.2) is 24.3 Å². The minimum atomic E-state index is 0.271. The molecule has 1 aliphatic heterocycles. The zero-order chi connectivity index (χ0) is 11.9. The minimum absolute atomic E-state index is 0.271. The summed E-state index contributed by atoms with van der Waals surface area (Å²) in [5, 5.41) is 3.59. The van der Waals surface area contributed by atoms with Crippen LogP contribution in [0.1, 0.15) is 25.0 Å². The van der Waals surface area contributed by atoms with Gasteiger partial charge < -0.3 is 5.32 Å². The zero-order valence-corrected chi connectivity index (χ0v) is 10.9. The molecule has 1 N–H and O–H groups in total. The third kappa shape index (κ3) is 2.24. The number of hydrogen-bond donors (Lipinski definition) is 1. The molecule has 1 saturated heterocycles. The summed E-state index contributed by atoms with van der Waals surface area (Å²) in [7, 11) is 0. The highest BCUT2D eigenvalue weighted by atomic mass is 15.2. The van der Waals surface area contributed by atoms with Gasteiger partial charge in [-0.25, -0.2) is 0 Å². The van der Waals surface area contributed by atoms with E-state index in [1.165, 1.54) is 25.9 Å². The van der Waals surface area contributed by atoms with Crippen LogP contribution < -0.4 is 5.32 Å². The molecule has 92 valence electrons. The fourth-order valence-electron chi connectivity index (χ4n) is 3.29. The molecule has 1 heterocycles. The molecular formula is C15H22N2. The maximum Gasteiger partial charge on any atom is 0.0252 e. The normalized spacial score (nSPS) is 24.8. The molecule has 1 aromatic rings. The van der Waals surface area contributed by atoms with E-state index in [1.807, 2.05) is 0 Å². The van der Waals surface area contributed by atoms with Gasteiger partial charge in [-0.1, -0.05) is 24.3 Å². The van der Waals surface area contributed by atoms with Crippen molar-refractivity contribution >= 4 is 0 Å². The van der Waals surface area contributed by atoms with Crippen molar-refractivity contribution in [3.05, 3.63) is 35.4 Å². The van der Waals surface area contributed by atoms with E-state index in [1.54, 1.807) is 11.1 Å². The molecule has 0 bridgehead atoms. The zero-order valence-electron chi connectivity index (χ0n) is 10.9. The topological polar surface area (TPSA) is 15.3 Å². The van der Waals surface area contributed by atoms with E-state index >= 15 is 0 Å². The van der Waals surface area contributed by atoms with Gasteiger partial charge >= 0.3 is 0 Å². The van der Waals surface area contributed by atoms with Crippen LogP contribution in [0.5, 0.6) is 0 Å². The first-order chi connectivity index (χ1) is 8.14. The van der Waals surface area contributed by atoms with Crippen molar-refractivity contribution in [2.45, 2.75) is 38.3 Å². The Labute approximate surface area is 104 Å². The molecule has 0 spiro atoms. The lowest BCUT2D eigenvalue weighted by Gasteiger charge is -2.42. The lowest BCUT2D eigenvalue weighted by molar-refractivity contribution is 0.113. The third-order valence-corrected chi connectivity index (χ3v) is 4.15. The van der Waals surface area contributed by atoms with Crippen molar-refractivity contribution in [2.24, 2.45) is 0 Å². The van der Waals surface area contributed by atoms with Crippen LogP contribution in [0.2, 0.25) is 0 Å². The van der Waals surface area contributed by atoms with E-state index in [4.69, 9.17) is 0 Å². The first kappa shape index (κ1) is 11.2. The van der Waals surface area contributed by atoms with E-state index in [-0.39, 0.29) is 5.54 Å². The van der Waals surface area contributed by atoms with Crippen molar-refractivity contribution in [1.82, 2.24) is 10.2 Å². The summed E-state index contributed by atoms with van der Waals surface area (Å²) in [4.78, 5) is 2.68. The molecule has 0 atom stereocenters. The standard InChI is InChI=1S/C15H22N2/c1-15(2)11-17(8-7-16-15)14-9-12-5-3-4-6-13(12)10-14/h3-6,14,16H,7-11H2,1-2H3. The Morgan fingerprint density at radius 1 is 1.18 bits per heavy atom. The van der Waals surface area contributed by atoms with Crippen LogP contribution in [-0.4, -0.2) is 36.1 Å². The highest BCUT2D eigenvalue weighted by molar-refractivity contribution is 5.33. The Kier molecular flexibility index (Phi) is 2.72. The van der Waals surface area contributed by atoms with Crippen molar-refractivity contribution in [1.29, 1.82) is 0 Å². The second-order valence-electron chi connectivity index (χ2n) is 6.11. The van der Waals surface area contributed by atoms with Gasteiger partial charge in [0.2, 0.25) is 0 Å². The molecular weight excluding hydrogens is 208 g/mol. The molecule has 17 heavy (non-hydrogen) atoms. The number of nitrogens with zero attached hydrogens (tertiary/aromatic N) is 1. The van der Waals surface area contributed by atoms with Crippen LogP contribution >= 0.6 is 0 Å². The summed E-state index contributed by atoms with van der Waals surface area (Å²) in [5.41, 5.74) is 3.40. The first-order valence-corrected chi connectivity index (χ1v) is 6.70. The monoisotopic (exact) mass is 230 g/mol. The maximum absolute atomic E-state index is 3.59. The van der Waals surface area contributed by atoms with Gasteiger partial charge in [-0.3, -0.25) is 4.90 Å². The predicted molar refractivity (Wildman–Crippen MR) is 71.3 cm³/mol. The summed E-state index contributed by atoms with van der Waals surface area (Å²) >= 11 is 0. The van der Waals surface area contributed by atoms with Gasteiger partial charge in [0.05, 0.1) is 0 Å². The van der Waals surface area contributed by atoms with Gasteiger partial charge in [-0.05, 0) is 37.8 Å². The Balaban J connectivity index is 1.72. The van der Waals surface area contributed by atoms with Gasteiger partial charge in [0.1, 0.15) is 0 Å². The molecule has 0 unspecified atom stereocenters. The molecule has 1 aromatic carbocycles. The van der Waals surface area contributed by atoms with Crippen molar-refractivity contribution < 1.29 is 0 Å². The molecule has 0 saturated carbocycles. The van der Waals surface area contributed by atoms with Crippen molar-refractivity contribution in [2.75, 3.05) is 19.6 Å². The fraction of sp³-hybridized carbons (Fsp3) is 0.600. The Morgan fingerprint density at radius 2 is 1.82 bits per heavy atom. The fourth-order valence-corrected chi connectivity index (χ4v) is 3.29. The van der Waals surface area contributed by atoms with E-state index in [0.29, 0.717) is 0 Å². The summed E-state index contributed by atoms with van der Waals surface area (Å²) in [5.74, 6) is 0. The number of benzene rings is 1. The Bertz CT molecular complexity index is 386. The minimum Gasteiger partial charge on any atom is -0.309 e. The lowest BCUT2D eigenvalue weighted by atomic mass is 10.00. The van der Waals surface area contributed by atoms with E-state index in [9.17, 15) is 0 Å². The van der Waals surface area contributed by atoms with Crippen LogP contribution in [0, 0.1) is 0 Å². The summed E-state index contributed by atoms with van der Waals surface area (Å²) in [6.07, 6.45) is 2.48. The number of fused-ring (bicyclic) bond motifs is 1. The maximum atomic E-state index is 3.59. The Morgan fingerprint density at radius 3 is 2.41 bits per heavy atom. The molecule has 1 fully saturated rings. The highest BCUT2D eigenvalue weighted by Crippen LogP contribution is 2.27. The molecule has 3 rings (SSSR count). The SMILES string of the molecule is CC1(C)CN(C2Cc3ccccc3C2)CCN1. The van der Waals surface area contributed by atoms with Crippen LogP contribution in [0.3, 0.4) is 0 Å². The summed E-state index contributed by atoms with van der Waals surface area (Å²) < 4.78 is 0. The van der Waals surface area contributed by atoms with E-state index in [2.05, 4.69) is 48.3 Å². The predicted octanol–water partition coefficient (Wildman–Crippen LogP) is 1.84. The second-order valence-corrected chi connectivity index (χ2v) is 6.11. The van der Waals surface area contributed by atoms with Crippen molar-refractivity contribution in [3.63, 3.8) is 0 Å². The van der Waals surface area contributed by atoms with Crippen molar-refractivity contribution in [3.8, 4) is 0 Å². The molecule has 2 aliphatic rings. The van der Waals surface area contributed by atoms with Gasteiger partial charge in [-0.2, -0.15) is 0 Å². The van der Waals surface area contributed by atoms with Gasteiger partial charge in [-0.15, -0.1) is 0 Å². The molecule has 0 amide bonds. The molecule has 2 heteroatoms. The van der Waals surface area contributed by atoms with Gasteiger partial charge in [0.15, 0.2) is 0 Å². The van der Waals surface area contributed by atoms with Gasteiger partial charge in [0.25, 0.3) is 0 Å². The molecule has 0 aromatic heterocycles. The quantitative estimate of drug-likeness (QED) is 0.792. The average Bonchev–Trinajstić information content (AvgIpc) is 2.71. The average molecular weight is 230 g/mol.